The molecule has 1 atom stereocenters. The number of para-hydroxylation sites is 2. The molecule has 0 aliphatic rings. The van der Waals surface area contributed by atoms with Crippen LogP contribution in [0.15, 0.2) is 131 Å². The average molecular weight is 625 g/mol. The van der Waals surface area contributed by atoms with Crippen molar-refractivity contribution in [2.45, 2.75) is 10.1 Å². The van der Waals surface area contributed by atoms with Crippen LogP contribution in [-0.2, 0) is 4.79 Å². The van der Waals surface area contributed by atoms with Crippen LogP contribution in [0.5, 0.6) is 0 Å². The number of thioether (sulfide) groups is 1. The number of amides is 2. The van der Waals surface area contributed by atoms with Gasteiger partial charge in [0.2, 0.25) is 11.8 Å². The number of carbonyl (C=O) groups excluding carboxylic acids is 2. The second-order valence-electron chi connectivity index (χ2n) is 9.56. The molecule has 2 amide bonds. The van der Waals surface area contributed by atoms with Crippen LogP contribution in [0.2, 0.25) is 10.0 Å². The molecule has 0 fully saturated rings. The second-order valence-corrected chi connectivity index (χ2v) is 11.6. The average Bonchev–Trinajstić information content (AvgIpc) is 3.46. The zero-order chi connectivity index (χ0) is 29.8. The molecule has 6 nitrogen and oxygen atoms in total. The van der Waals surface area contributed by atoms with Crippen LogP contribution < -0.4 is 10.6 Å². The van der Waals surface area contributed by atoms with Gasteiger partial charge in [-0.15, -0.1) is 11.8 Å². The topological polar surface area (TPSA) is 84.2 Å². The lowest BCUT2D eigenvalue weighted by atomic mass is 10.1. The number of fused-ring (bicyclic) bond motifs is 1. The summed E-state index contributed by atoms with van der Waals surface area (Å²) in [5.41, 5.74) is 4.77. The molecular formula is C34H23Cl2N3O3S. The molecule has 0 saturated carbocycles. The molecule has 9 heteroatoms. The molecule has 6 rings (SSSR count). The van der Waals surface area contributed by atoms with Crippen LogP contribution in [0.4, 0.5) is 11.4 Å². The summed E-state index contributed by atoms with van der Waals surface area (Å²) in [6, 6.07) is 36.6. The first-order chi connectivity index (χ1) is 20.9. The second kappa shape index (κ2) is 12.8. The van der Waals surface area contributed by atoms with Crippen molar-refractivity contribution in [2.24, 2.45) is 0 Å². The summed E-state index contributed by atoms with van der Waals surface area (Å²) in [7, 11) is 0. The van der Waals surface area contributed by atoms with Crippen molar-refractivity contribution in [3.8, 4) is 11.5 Å². The van der Waals surface area contributed by atoms with Crippen molar-refractivity contribution < 1.29 is 14.0 Å². The number of nitrogens with one attached hydrogen (secondary N) is 2. The minimum atomic E-state index is -0.522. The Bertz CT molecular complexity index is 1880. The van der Waals surface area contributed by atoms with Gasteiger partial charge in [-0.2, -0.15) is 0 Å². The Labute approximate surface area is 262 Å². The summed E-state index contributed by atoms with van der Waals surface area (Å²) in [4.78, 5) is 31.7. The molecule has 1 aromatic heterocycles. The third-order valence-corrected chi connectivity index (χ3v) is 8.39. The van der Waals surface area contributed by atoms with E-state index < -0.39 is 5.25 Å². The lowest BCUT2D eigenvalue weighted by molar-refractivity contribution is -0.115. The molecule has 1 unspecified atom stereocenters. The van der Waals surface area contributed by atoms with Gasteiger partial charge in [-0.25, -0.2) is 4.98 Å². The number of hydrogen-bond donors (Lipinski definition) is 2. The Balaban J connectivity index is 1.15. The quantitative estimate of drug-likeness (QED) is 0.165. The monoisotopic (exact) mass is 623 g/mol. The third kappa shape index (κ3) is 6.75. The van der Waals surface area contributed by atoms with Gasteiger partial charge in [-0.05, 0) is 84.4 Å². The van der Waals surface area contributed by atoms with Crippen molar-refractivity contribution in [3.63, 3.8) is 0 Å². The third-order valence-electron chi connectivity index (χ3n) is 6.58. The van der Waals surface area contributed by atoms with Gasteiger partial charge in [-0.3, -0.25) is 9.59 Å². The molecule has 0 radical (unpaired) electrons. The zero-order valence-corrected chi connectivity index (χ0v) is 24.8. The molecule has 43 heavy (non-hydrogen) atoms. The van der Waals surface area contributed by atoms with E-state index in [9.17, 15) is 9.59 Å². The van der Waals surface area contributed by atoms with E-state index in [0.29, 0.717) is 27.9 Å². The summed E-state index contributed by atoms with van der Waals surface area (Å²) >= 11 is 13.5. The summed E-state index contributed by atoms with van der Waals surface area (Å²) < 4.78 is 5.86. The number of halogens is 2. The maximum Gasteiger partial charge on any atom is 0.257 e. The SMILES string of the molecule is O=C(Nc1ccc(SC(C(=O)Nc2ccc(-c3nc4ccccc4o3)cc2)c2ccccc2)cc1)c1ccc(Cl)cc1Cl. The van der Waals surface area contributed by atoms with E-state index in [0.717, 1.165) is 27.1 Å². The highest BCUT2D eigenvalue weighted by atomic mass is 35.5. The summed E-state index contributed by atoms with van der Waals surface area (Å²) in [5, 5.41) is 6.09. The normalized spacial score (nSPS) is 11.7. The van der Waals surface area contributed by atoms with E-state index in [1.165, 1.54) is 17.8 Å². The Morgan fingerprint density at radius 2 is 1.42 bits per heavy atom. The lowest BCUT2D eigenvalue weighted by Gasteiger charge is -2.17. The largest absolute Gasteiger partial charge is 0.436 e. The van der Waals surface area contributed by atoms with Crippen molar-refractivity contribution in [2.75, 3.05) is 10.6 Å². The van der Waals surface area contributed by atoms with Gasteiger partial charge in [0.15, 0.2) is 5.58 Å². The van der Waals surface area contributed by atoms with Gasteiger partial charge < -0.3 is 15.1 Å². The first-order valence-electron chi connectivity index (χ1n) is 13.3. The molecular weight excluding hydrogens is 601 g/mol. The van der Waals surface area contributed by atoms with Crippen molar-refractivity contribution in [1.29, 1.82) is 0 Å². The molecule has 1 heterocycles. The van der Waals surface area contributed by atoms with Crippen LogP contribution in [-0.4, -0.2) is 16.8 Å². The number of hydrogen-bond acceptors (Lipinski definition) is 5. The van der Waals surface area contributed by atoms with E-state index in [-0.39, 0.29) is 16.8 Å². The fourth-order valence-electron chi connectivity index (χ4n) is 4.43. The van der Waals surface area contributed by atoms with Gasteiger partial charge in [0, 0.05) is 26.9 Å². The molecule has 212 valence electrons. The Morgan fingerprint density at radius 3 is 2.14 bits per heavy atom. The molecule has 6 aromatic rings. The van der Waals surface area contributed by atoms with E-state index in [4.69, 9.17) is 27.6 Å². The number of carbonyl (C=O) groups is 2. The zero-order valence-electron chi connectivity index (χ0n) is 22.5. The predicted octanol–water partition coefficient (Wildman–Crippen LogP) is 9.53. The van der Waals surface area contributed by atoms with Gasteiger partial charge in [0.05, 0.1) is 10.6 Å². The first-order valence-corrected chi connectivity index (χ1v) is 14.9. The van der Waals surface area contributed by atoms with Gasteiger partial charge >= 0.3 is 0 Å². The molecule has 0 spiro atoms. The predicted molar refractivity (Wildman–Crippen MR) is 174 cm³/mol. The first kappa shape index (κ1) is 28.6. The van der Waals surface area contributed by atoms with Crippen LogP contribution in [0, 0.1) is 0 Å². The fraction of sp³-hybridized carbons (Fsp3) is 0.0294. The highest BCUT2D eigenvalue weighted by Crippen LogP contribution is 2.37. The van der Waals surface area contributed by atoms with Crippen LogP contribution in [0.1, 0.15) is 21.2 Å². The maximum absolute atomic E-state index is 13.6. The minimum absolute atomic E-state index is 0.166. The van der Waals surface area contributed by atoms with Crippen molar-refractivity contribution in [1.82, 2.24) is 4.98 Å². The van der Waals surface area contributed by atoms with Crippen LogP contribution >= 0.6 is 35.0 Å². The van der Waals surface area contributed by atoms with E-state index >= 15 is 0 Å². The highest BCUT2D eigenvalue weighted by molar-refractivity contribution is 8.00. The number of nitrogens with zero attached hydrogens (tertiary/aromatic N) is 1. The molecule has 5 aromatic carbocycles. The van der Waals surface area contributed by atoms with Crippen molar-refractivity contribution in [3.05, 3.63) is 142 Å². The molecule has 0 aliphatic carbocycles. The standard InChI is InChI=1S/C34H23Cl2N3O3S/c35-23-12-19-27(28(36)20-23)32(40)37-25-15-17-26(18-16-25)43-31(21-6-2-1-3-7-21)33(41)38-24-13-10-22(11-14-24)34-39-29-8-4-5-9-30(29)42-34/h1-20,31H,(H,37,40)(H,38,41). The van der Waals surface area contributed by atoms with E-state index in [1.807, 2.05) is 91.0 Å². The highest BCUT2D eigenvalue weighted by Gasteiger charge is 2.22. The number of anilines is 2. The smallest absolute Gasteiger partial charge is 0.257 e. The Hall–Kier alpha value is -4.56. The molecule has 0 saturated heterocycles. The number of oxazole rings is 1. The minimum Gasteiger partial charge on any atom is -0.436 e. The van der Waals surface area contributed by atoms with E-state index in [1.54, 1.807) is 24.3 Å². The number of aromatic nitrogens is 1. The lowest BCUT2D eigenvalue weighted by Crippen LogP contribution is -2.19. The maximum atomic E-state index is 13.6. The number of rotatable bonds is 8. The Morgan fingerprint density at radius 1 is 0.744 bits per heavy atom. The summed E-state index contributed by atoms with van der Waals surface area (Å²) in [5.74, 6) is 0.0130. The van der Waals surface area contributed by atoms with Gasteiger partial charge in [0.1, 0.15) is 10.8 Å². The van der Waals surface area contributed by atoms with Crippen LogP contribution in [0.3, 0.4) is 0 Å². The molecule has 0 aliphatic heterocycles. The molecule has 2 N–H and O–H groups in total. The number of benzene rings is 5. The van der Waals surface area contributed by atoms with Crippen molar-refractivity contribution >= 4 is 69.3 Å². The van der Waals surface area contributed by atoms with Gasteiger partial charge in [0.25, 0.3) is 5.91 Å². The summed E-state index contributed by atoms with van der Waals surface area (Å²) in [6.07, 6.45) is 0. The summed E-state index contributed by atoms with van der Waals surface area (Å²) in [6.45, 7) is 0. The van der Waals surface area contributed by atoms with Gasteiger partial charge in [-0.1, -0.05) is 65.7 Å². The van der Waals surface area contributed by atoms with E-state index in [2.05, 4.69) is 15.6 Å². The van der Waals surface area contributed by atoms with Crippen LogP contribution in [0.25, 0.3) is 22.6 Å². The fourth-order valence-corrected chi connectivity index (χ4v) is 5.94. The Kier molecular flexibility index (Phi) is 8.47. The molecule has 0 bridgehead atoms.